The Kier molecular flexibility index (Phi) is 5.11. The van der Waals surface area contributed by atoms with Crippen LogP contribution >= 0.6 is 0 Å². The third-order valence-corrected chi connectivity index (χ3v) is 6.20. The molecule has 7 nitrogen and oxygen atoms in total. The zero-order valence-corrected chi connectivity index (χ0v) is 14.0. The van der Waals surface area contributed by atoms with E-state index < -0.39 is 10.0 Å². The van der Waals surface area contributed by atoms with E-state index in [4.69, 9.17) is 0 Å². The molecule has 2 amide bonds. The molecule has 0 aromatic carbocycles. The van der Waals surface area contributed by atoms with E-state index in [9.17, 15) is 13.2 Å². The zero-order valence-electron chi connectivity index (χ0n) is 13.2. The van der Waals surface area contributed by atoms with Gasteiger partial charge in [-0.15, -0.1) is 4.41 Å². The summed E-state index contributed by atoms with van der Waals surface area (Å²) in [6.45, 7) is 4.76. The van der Waals surface area contributed by atoms with E-state index in [-0.39, 0.29) is 17.8 Å². The molecule has 2 fully saturated rings. The van der Waals surface area contributed by atoms with Crippen molar-refractivity contribution in [3.8, 4) is 0 Å². The van der Waals surface area contributed by atoms with Gasteiger partial charge < -0.3 is 9.80 Å². The van der Waals surface area contributed by atoms with Gasteiger partial charge in [0.05, 0.1) is 5.75 Å². The van der Waals surface area contributed by atoms with Crippen molar-refractivity contribution in [3.05, 3.63) is 0 Å². The summed E-state index contributed by atoms with van der Waals surface area (Å²) in [7, 11) is 0.162. The minimum absolute atomic E-state index is 0.00149. The van der Waals surface area contributed by atoms with E-state index in [1.165, 1.54) is 12.1 Å². The van der Waals surface area contributed by atoms with E-state index in [0.717, 1.165) is 43.3 Å². The van der Waals surface area contributed by atoms with Crippen LogP contribution in [0.3, 0.4) is 0 Å². The molecule has 8 heteroatoms. The monoisotopic (exact) mass is 318 g/mol. The minimum atomic E-state index is -3.39. The molecular weight excluding hydrogens is 292 g/mol. The topological polar surface area (TPSA) is 64.2 Å². The maximum atomic E-state index is 12.6. The van der Waals surface area contributed by atoms with Crippen molar-refractivity contribution in [1.29, 1.82) is 0 Å². The van der Waals surface area contributed by atoms with Crippen LogP contribution in [0.1, 0.15) is 26.2 Å². The molecule has 0 N–H and O–H groups in total. The lowest BCUT2D eigenvalue weighted by Gasteiger charge is -2.44. The number of sulfonamides is 1. The van der Waals surface area contributed by atoms with Gasteiger partial charge >= 0.3 is 6.03 Å². The molecule has 0 saturated carbocycles. The van der Waals surface area contributed by atoms with Crippen LogP contribution in [0.4, 0.5) is 4.79 Å². The number of hydrogen-bond donors (Lipinski definition) is 0. The van der Waals surface area contributed by atoms with Crippen molar-refractivity contribution in [3.63, 3.8) is 0 Å². The van der Waals surface area contributed by atoms with Crippen molar-refractivity contribution in [2.24, 2.45) is 0 Å². The van der Waals surface area contributed by atoms with E-state index >= 15 is 0 Å². The Labute approximate surface area is 127 Å². The van der Waals surface area contributed by atoms with E-state index in [1.54, 1.807) is 6.92 Å². The highest BCUT2D eigenvalue weighted by atomic mass is 32.2. The summed E-state index contributed by atoms with van der Waals surface area (Å²) in [5, 5.41) is 1.38. The van der Waals surface area contributed by atoms with E-state index in [2.05, 4.69) is 11.9 Å². The number of urea groups is 1. The lowest BCUT2D eigenvalue weighted by molar-refractivity contribution is 0.0314. The number of piperidine rings is 1. The molecule has 0 aromatic rings. The molecule has 21 heavy (non-hydrogen) atoms. The van der Waals surface area contributed by atoms with E-state index in [1.807, 2.05) is 4.90 Å². The molecule has 2 saturated heterocycles. The zero-order chi connectivity index (χ0) is 15.6. The number of carbonyl (C=O) groups is 1. The fourth-order valence-electron chi connectivity index (χ4n) is 2.97. The molecule has 0 unspecified atom stereocenters. The van der Waals surface area contributed by atoms with Gasteiger partial charge in [-0.3, -0.25) is 0 Å². The Morgan fingerprint density at radius 2 is 1.81 bits per heavy atom. The van der Waals surface area contributed by atoms with Crippen molar-refractivity contribution >= 4 is 16.1 Å². The summed E-state index contributed by atoms with van der Waals surface area (Å²) in [5.74, 6) is 0.00149. The fraction of sp³-hybridized carbons (Fsp3) is 0.923. The first-order valence-electron chi connectivity index (χ1n) is 7.60. The Balaban J connectivity index is 2.08. The SMILES string of the molecule is CCS(=O)(=O)N(C)N1CCCN(C2CCN(C)CC2)C1=O. The van der Waals surface area contributed by atoms with Gasteiger partial charge in [0.2, 0.25) is 10.0 Å². The summed E-state index contributed by atoms with van der Waals surface area (Å²) >= 11 is 0. The van der Waals surface area contributed by atoms with Crippen LogP contribution in [-0.2, 0) is 10.0 Å². The number of carbonyl (C=O) groups excluding carboxylic acids is 1. The van der Waals surface area contributed by atoms with Gasteiger partial charge in [-0.1, -0.05) is 0 Å². The molecule has 0 aliphatic carbocycles. The molecule has 2 aliphatic heterocycles. The summed E-state index contributed by atoms with van der Waals surface area (Å²) in [4.78, 5) is 16.8. The Morgan fingerprint density at radius 1 is 1.19 bits per heavy atom. The van der Waals surface area contributed by atoms with Crippen LogP contribution in [0.2, 0.25) is 0 Å². The normalized spacial score (nSPS) is 23.1. The summed E-state index contributed by atoms with van der Waals surface area (Å²) in [6.07, 6.45) is 2.72. The van der Waals surface area contributed by atoms with E-state index in [0.29, 0.717) is 6.54 Å². The highest BCUT2D eigenvalue weighted by Crippen LogP contribution is 2.22. The quantitative estimate of drug-likeness (QED) is 0.753. The van der Waals surface area contributed by atoms with Gasteiger partial charge in [-0.25, -0.2) is 18.2 Å². The van der Waals surface area contributed by atoms with Crippen LogP contribution in [0.15, 0.2) is 0 Å². The smallest absolute Gasteiger partial charge is 0.320 e. The van der Waals surface area contributed by atoms with Gasteiger partial charge in [0, 0.05) is 26.2 Å². The first-order chi connectivity index (χ1) is 9.86. The summed E-state index contributed by atoms with van der Waals surface area (Å²) in [6, 6.07) is 0.0598. The van der Waals surface area contributed by atoms with Crippen molar-refractivity contribution in [2.75, 3.05) is 46.0 Å². The Hall–Kier alpha value is -0.860. The fourth-order valence-corrected chi connectivity index (χ4v) is 3.80. The molecule has 2 rings (SSSR count). The van der Waals surface area contributed by atoms with Crippen LogP contribution in [0.25, 0.3) is 0 Å². The molecule has 2 aliphatic rings. The summed E-state index contributed by atoms with van der Waals surface area (Å²) in [5.41, 5.74) is 0. The largest absolute Gasteiger partial charge is 0.335 e. The van der Waals surface area contributed by atoms with Crippen LogP contribution < -0.4 is 0 Å². The van der Waals surface area contributed by atoms with Gasteiger partial charge in [-0.05, 0) is 46.3 Å². The Morgan fingerprint density at radius 3 is 2.38 bits per heavy atom. The number of amides is 2. The number of hydrazine groups is 1. The highest BCUT2D eigenvalue weighted by Gasteiger charge is 2.36. The van der Waals surface area contributed by atoms with Crippen molar-refractivity contribution < 1.29 is 13.2 Å². The van der Waals surface area contributed by atoms with Gasteiger partial charge in [0.1, 0.15) is 0 Å². The second-order valence-electron chi connectivity index (χ2n) is 5.82. The first kappa shape index (κ1) is 16.5. The summed E-state index contributed by atoms with van der Waals surface area (Å²) < 4.78 is 25.1. The van der Waals surface area contributed by atoms with Crippen LogP contribution in [-0.4, -0.2) is 85.7 Å². The molecule has 2 heterocycles. The van der Waals surface area contributed by atoms with Gasteiger partial charge in [0.15, 0.2) is 0 Å². The maximum absolute atomic E-state index is 12.6. The number of nitrogens with zero attached hydrogens (tertiary/aromatic N) is 4. The number of hydrogen-bond acceptors (Lipinski definition) is 4. The lowest BCUT2D eigenvalue weighted by atomic mass is 10.0. The predicted molar refractivity (Wildman–Crippen MR) is 81.2 cm³/mol. The molecular formula is C13H26N4O3S. The standard InChI is InChI=1S/C13H26N4O3S/c1-4-21(19,20)15(3)17-9-5-8-16(13(17)18)12-6-10-14(2)11-7-12/h12H,4-11H2,1-3H3. The van der Waals surface area contributed by atoms with Gasteiger partial charge in [0.25, 0.3) is 0 Å². The third-order valence-electron chi connectivity index (χ3n) is 4.47. The molecule has 0 spiro atoms. The molecule has 0 atom stereocenters. The molecule has 122 valence electrons. The van der Waals surface area contributed by atoms with Crippen LogP contribution in [0.5, 0.6) is 0 Å². The second-order valence-corrected chi connectivity index (χ2v) is 8.09. The average Bonchev–Trinajstić information content (AvgIpc) is 2.48. The lowest BCUT2D eigenvalue weighted by Crippen LogP contribution is -2.60. The molecule has 0 radical (unpaired) electrons. The Bertz CT molecular complexity index is 474. The first-order valence-corrected chi connectivity index (χ1v) is 9.21. The second kappa shape index (κ2) is 6.50. The molecule has 0 aromatic heterocycles. The minimum Gasteiger partial charge on any atom is -0.320 e. The number of likely N-dealkylation sites (tertiary alicyclic amines) is 1. The average molecular weight is 318 g/mol. The predicted octanol–water partition coefficient (Wildman–Crippen LogP) is 0.405. The molecule has 0 bridgehead atoms. The maximum Gasteiger partial charge on any atom is 0.335 e. The third kappa shape index (κ3) is 3.49. The van der Waals surface area contributed by atoms with Crippen molar-refractivity contribution in [1.82, 2.24) is 19.2 Å². The van der Waals surface area contributed by atoms with Crippen LogP contribution in [0, 0.1) is 0 Å². The van der Waals surface area contributed by atoms with Gasteiger partial charge in [-0.2, -0.15) is 0 Å². The highest BCUT2D eigenvalue weighted by molar-refractivity contribution is 7.88. The van der Waals surface area contributed by atoms with Crippen molar-refractivity contribution in [2.45, 2.75) is 32.2 Å². The number of rotatable bonds is 4.